The number of nitrogens with zero attached hydrogens (tertiary/aromatic N) is 2. The number of anilines is 2. The summed E-state index contributed by atoms with van der Waals surface area (Å²) >= 11 is 0. The molecule has 0 spiro atoms. The normalized spacial score (nSPS) is 32.8. The minimum absolute atomic E-state index is 0.0131. The predicted octanol–water partition coefficient (Wildman–Crippen LogP) is 5.00. The average molecular weight is 451 g/mol. The molecule has 2 aliphatic heterocycles. The number of carbonyl (C=O) groups is 2. The van der Waals surface area contributed by atoms with Crippen LogP contribution in [0.3, 0.4) is 0 Å². The van der Waals surface area contributed by atoms with Crippen LogP contribution in [-0.2, 0) is 0 Å². The van der Waals surface area contributed by atoms with Gasteiger partial charge >= 0.3 is 6.03 Å². The monoisotopic (exact) mass is 450 g/mol. The van der Waals surface area contributed by atoms with Gasteiger partial charge in [0.15, 0.2) is 0 Å². The van der Waals surface area contributed by atoms with Crippen molar-refractivity contribution in [2.45, 2.75) is 76.2 Å². The summed E-state index contributed by atoms with van der Waals surface area (Å²) in [4.78, 5) is 30.8. The first-order valence-electron chi connectivity index (χ1n) is 13.3. The number of benzene rings is 1. The Morgan fingerprint density at radius 2 is 1.42 bits per heavy atom. The molecule has 0 radical (unpaired) electrons. The number of likely N-dealkylation sites (tertiary alicyclic amines) is 1. The maximum absolute atomic E-state index is 13.4. The molecular formula is C27H38N4O2. The van der Waals surface area contributed by atoms with E-state index < -0.39 is 0 Å². The minimum Gasteiger partial charge on any atom is -0.371 e. The van der Waals surface area contributed by atoms with Crippen LogP contribution in [0.25, 0.3) is 0 Å². The number of hydrogen-bond donors (Lipinski definition) is 2. The van der Waals surface area contributed by atoms with Crippen molar-refractivity contribution in [3.63, 3.8) is 0 Å². The fraction of sp³-hybridized carbons (Fsp3) is 0.704. The van der Waals surface area contributed by atoms with Gasteiger partial charge < -0.3 is 20.4 Å². The molecule has 1 aromatic rings. The summed E-state index contributed by atoms with van der Waals surface area (Å²) in [5.41, 5.74) is 2.48. The fourth-order valence-electron chi connectivity index (χ4n) is 7.95. The largest absolute Gasteiger partial charge is 0.371 e. The molecule has 4 aliphatic carbocycles. The Labute approximate surface area is 197 Å². The lowest BCUT2D eigenvalue weighted by Crippen LogP contribution is -2.60. The quantitative estimate of drug-likeness (QED) is 0.678. The first kappa shape index (κ1) is 21.3. The summed E-state index contributed by atoms with van der Waals surface area (Å²) in [6.07, 6.45) is 13.3. The molecule has 2 saturated heterocycles. The zero-order valence-electron chi connectivity index (χ0n) is 19.8. The van der Waals surface area contributed by atoms with E-state index >= 15 is 0 Å². The lowest BCUT2D eigenvalue weighted by molar-refractivity contribution is -0.0127. The van der Waals surface area contributed by atoms with Crippen molar-refractivity contribution in [1.29, 1.82) is 0 Å². The van der Waals surface area contributed by atoms with Gasteiger partial charge in [-0.05, 0) is 107 Å². The van der Waals surface area contributed by atoms with Gasteiger partial charge in [0.2, 0.25) is 0 Å². The zero-order valence-corrected chi connectivity index (χ0v) is 19.8. The Morgan fingerprint density at radius 1 is 0.818 bits per heavy atom. The SMILES string of the molecule is O=C(Nc1ccc(N2CCCCC2)c(C(=O)N2CCCC2)c1)NC12CC3CC(CC(C3)C1)C2. The first-order valence-corrected chi connectivity index (χ1v) is 13.3. The minimum atomic E-state index is -0.109. The molecule has 6 nitrogen and oxygen atoms in total. The molecule has 0 atom stereocenters. The Bertz CT molecular complexity index is 881. The molecule has 7 rings (SSSR count). The molecule has 3 amide bonds. The van der Waals surface area contributed by atoms with Crippen LogP contribution in [0.2, 0.25) is 0 Å². The van der Waals surface area contributed by atoms with Crippen molar-refractivity contribution in [3.8, 4) is 0 Å². The Balaban J connectivity index is 1.20. The van der Waals surface area contributed by atoms with Crippen LogP contribution >= 0.6 is 0 Å². The van der Waals surface area contributed by atoms with Crippen molar-refractivity contribution in [3.05, 3.63) is 23.8 Å². The van der Waals surface area contributed by atoms with Gasteiger partial charge in [0.1, 0.15) is 0 Å². The summed E-state index contributed by atoms with van der Waals surface area (Å²) in [6, 6.07) is 5.84. The van der Waals surface area contributed by atoms with E-state index in [1.165, 1.54) is 38.5 Å². The maximum Gasteiger partial charge on any atom is 0.319 e. The van der Waals surface area contributed by atoms with Crippen LogP contribution in [0.5, 0.6) is 0 Å². The van der Waals surface area contributed by atoms with Crippen molar-refractivity contribution in [2.24, 2.45) is 17.8 Å². The molecule has 1 aromatic carbocycles. The molecule has 4 saturated carbocycles. The van der Waals surface area contributed by atoms with Crippen molar-refractivity contribution in [2.75, 3.05) is 36.4 Å². The van der Waals surface area contributed by atoms with E-state index in [1.54, 1.807) is 0 Å². The third kappa shape index (κ3) is 4.22. The molecule has 178 valence electrons. The second-order valence-electron chi connectivity index (χ2n) is 11.6. The Morgan fingerprint density at radius 3 is 2.06 bits per heavy atom. The van der Waals surface area contributed by atoms with Gasteiger partial charge in [-0.25, -0.2) is 4.79 Å². The average Bonchev–Trinajstić information content (AvgIpc) is 3.33. The van der Waals surface area contributed by atoms with Gasteiger partial charge in [-0.1, -0.05) is 0 Å². The number of carbonyl (C=O) groups excluding carboxylic acids is 2. The van der Waals surface area contributed by atoms with Crippen LogP contribution in [-0.4, -0.2) is 48.6 Å². The Hall–Kier alpha value is -2.24. The van der Waals surface area contributed by atoms with Crippen LogP contribution in [0, 0.1) is 17.8 Å². The van der Waals surface area contributed by atoms with Gasteiger partial charge in [0.05, 0.1) is 5.56 Å². The van der Waals surface area contributed by atoms with Crippen LogP contribution in [0.15, 0.2) is 18.2 Å². The lowest BCUT2D eigenvalue weighted by atomic mass is 9.53. The van der Waals surface area contributed by atoms with Gasteiger partial charge in [-0.15, -0.1) is 0 Å². The van der Waals surface area contributed by atoms with E-state index in [-0.39, 0.29) is 17.5 Å². The predicted molar refractivity (Wildman–Crippen MR) is 131 cm³/mol. The fourth-order valence-corrected chi connectivity index (χ4v) is 7.95. The third-order valence-corrected chi connectivity index (χ3v) is 8.99. The molecule has 6 heteroatoms. The third-order valence-electron chi connectivity index (χ3n) is 8.99. The van der Waals surface area contributed by atoms with E-state index in [4.69, 9.17) is 0 Å². The number of rotatable bonds is 4. The molecule has 2 heterocycles. The van der Waals surface area contributed by atoms with Crippen LogP contribution in [0.1, 0.15) is 81.0 Å². The first-order chi connectivity index (χ1) is 16.1. The van der Waals surface area contributed by atoms with Crippen LogP contribution in [0.4, 0.5) is 16.2 Å². The van der Waals surface area contributed by atoms with E-state index in [1.807, 2.05) is 17.0 Å². The highest BCUT2D eigenvalue weighted by Crippen LogP contribution is 2.55. The van der Waals surface area contributed by atoms with Crippen molar-refractivity contribution < 1.29 is 9.59 Å². The molecule has 0 unspecified atom stereocenters. The molecule has 0 aromatic heterocycles. The standard InChI is InChI=1S/C27H38N4O2/c32-25(31-10-4-5-11-31)23-15-22(6-7-24(23)30-8-2-1-3-9-30)28-26(33)29-27-16-19-12-20(17-27)14-21(13-19)18-27/h6-7,15,19-21H,1-5,8-14,16-18H2,(H2,28,29,33). The molecule has 6 aliphatic rings. The zero-order chi connectivity index (χ0) is 22.4. The van der Waals surface area contributed by atoms with Gasteiger partial charge in [-0.2, -0.15) is 0 Å². The number of hydrogen-bond acceptors (Lipinski definition) is 3. The van der Waals surface area contributed by atoms with E-state index in [9.17, 15) is 9.59 Å². The number of urea groups is 1. The topological polar surface area (TPSA) is 64.7 Å². The summed E-state index contributed by atoms with van der Waals surface area (Å²) in [7, 11) is 0. The summed E-state index contributed by atoms with van der Waals surface area (Å²) in [5.74, 6) is 2.50. The smallest absolute Gasteiger partial charge is 0.319 e. The molecule has 6 fully saturated rings. The second kappa shape index (κ2) is 8.52. The van der Waals surface area contributed by atoms with Crippen molar-refractivity contribution >= 4 is 23.3 Å². The summed E-state index contributed by atoms with van der Waals surface area (Å²) in [5, 5.41) is 6.49. The van der Waals surface area contributed by atoms with Gasteiger partial charge in [0.25, 0.3) is 5.91 Å². The lowest BCUT2D eigenvalue weighted by Gasteiger charge is -2.56. The molecule has 4 bridgehead atoms. The number of amides is 3. The molecular weight excluding hydrogens is 412 g/mol. The van der Waals surface area contributed by atoms with Gasteiger partial charge in [-0.3, -0.25) is 4.79 Å². The summed E-state index contributed by atoms with van der Waals surface area (Å²) in [6.45, 7) is 3.67. The molecule has 33 heavy (non-hydrogen) atoms. The molecule has 2 N–H and O–H groups in total. The van der Waals surface area contributed by atoms with Crippen molar-refractivity contribution in [1.82, 2.24) is 10.2 Å². The summed E-state index contributed by atoms with van der Waals surface area (Å²) < 4.78 is 0. The van der Waals surface area contributed by atoms with Crippen LogP contribution < -0.4 is 15.5 Å². The van der Waals surface area contributed by atoms with Gasteiger partial charge in [0, 0.05) is 43.1 Å². The van der Waals surface area contributed by atoms with E-state index in [2.05, 4.69) is 21.6 Å². The number of piperidine rings is 1. The maximum atomic E-state index is 13.4. The second-order valence-corrected chi connectivity index (χ2v) is 11.6. The Kier molecular flexibility index (Phi) is 5.50. The van der Waals surface area contributed by atoms with E-state index in [0.717, 1.165) is 93.0 Å². The highest BCUT2D eigenvalue weighted by Gasteiger charge is 2.51. The highest BCUT2D eigenvalue weighted by molar-refractivity contribution is 6.02. The van der Waals surface area contributed by atoms with E-state index in [0.29, 0.717) is 0 Å². The highest BCUT2D eigenvalue weighted by atomic mass is 16.2. The number of nitrogens with one attached hydrogen (secondary N) is 2.